The van der Waals surface area contributed by atoms with Crippen molar-refractivity contribution in [2.75, 3.05) is 26.2 Å². The third-order valence-corrected chi connectivity index (χ3v) is 5.75. The number of hydrogen-bond donors (Lipinski definition) is 0. The van der Waals surface area contributed by atoms with Crippen LogP contribution in [0.4, 0.5) is 0 Å². The van der Waals surface area contributed by atoms with Crippen LogP contribution >= 0.6 is 11.3 Å². The molecule has 0 amide bonds. The molecule has 1 aliphatic heterocycles. The van der Waals surface area contributed by atoms with Crippen LogP contribution in [0.15, 0.2) is 21.2 Å². The van der Waals surface area contributed by atoms with Crippen LogP contribution in [0.25, 0.3) is 10.2 Å². The molecule has 2 aromatic heterocycles. The Labute approximate surface area is 193 Å². The standard InChI is InChI=1S/C19H27N3O3S.Ca/c1-13(2)22-18(25)15(16(23)14-7-12-26-19(14)22)17(24)20-8-6-11-21-9-4-3-5-10-21;/h7,12-13,23H,3-6,8-11H2,1-2H3,(H,20,24);/q;+2/p-2. The van der Waals surface area contributed by atoms with Crippen molar-refractivity contribution in [3.8, 4) is 5.75 Å². The van der Waals surface area contributed by atoms with Gasteiger partial charge in [0.2, 0.25) is 0 Å². The van der Waals surface area contributed by atoms with Gasteiger partial charge in [0.05, 0.1) is 0 Å². The third-order valence-electron chi connectivity index (χ3n) is 4.83. The van der Waals surface area contributed by atoms with Crippen molar-refractivity contribution in [3.63, 3.8) is 0 Å². The van der Waals surface area contributed by atoms with Gasteiger partial charge in [0.15, 0.2) is 0 Å². The molecule has 8 heteroatoms. The number of piperidine rings is 1. The summed E-state index contributed by atoms with van der Waals surface area (Å²) in [5.74, 6) is -1.17. The van der Waals surface area contributed by atoms with Gasteiger partial charge in [-0.3, -0.25) is 9.36 Å². The number of aliphatic imine (C=N–C) groups is 1. The molecule has 3 heterocycles. The van der Waals surface area contributed by atoms with E-state index >= 15 is 0 Å². The van der Waals surface area contributed by atoms with Crippen molar-refractivity contribution in [3.05, 3.63) is 27.4 Å². The smallest absolute Gasteiger partial charge is 0.871 e. The van der Waals surface area contributed by atoms with Crippen LogP contribution in [0.3, 0.4) is 0 Å². The molecule has 27 heavy (non-hydrogen) atoms. The van der Waals surface area contributed by atoms with Gasteiger partial charge in [-0.25, -0.2) is 0 Å². The number of aromatic nitrogens is 1. The van der Waals surface area contributed by atoms with E-state index in [1.54, 1.807) is 11.4 Å². The summed E-state index contributed by atoms with van der Waals surface area (Å²) in [5.41, 5.74) is -0.840. The van der Waals surface area contributed by atoms with Gasteiger partial charge >= 0.3 is 37.7 Å². The van der Waals surface area contributed by atoms with E-state index in [1.807, 2.05) is 13.8 Å². The van der Waals surface area contributed by atoms with Crippen LogP contribution in [-0.4, -0.2) is 79.3 Å². The molecular weight excluding hydrogens is 390 g/mol. The van der Waals surface area contributed by atoms with Gasteiger partial charge in [0, 0.05) is 23.5 Å². The number of nitrogens with zero attached hydrogens (tertiary/aromatic N) is 3. The van der Waals surface area contributed by atoms with E-state index in [0.29, 0.717) is 16.8 Å². The number of likely N-dealkylation sites (tertiary alicyclic amines) is 1. The first-order valence-electron chi connectivity index (χ1n) is 9.27. The number of pyridine rings is 1. The van der Waals surface area contributed by atoms with E-state index in [1.165, 1.54) is 35.2 Å². The molecule has 1 aliphatic rings. The zero-order chi connectivity index (χ0) is 18.7. The van der Waals surface area contributed by atoms with Gasteiger partial charge in [-0.15, -0.1) is 11.3 Å². The topological polar surface area (TPSA) is 83.7 Å². The quantitative estimate of drug-likeness (QED) is 0.308. The van der Waals surface area contributed by atoms with E-state index < -0.39 is 17.2 Å². The fourth-order valence-corrected chi connectivity index (χ4v) is 4.53. The molecule has 2 aromatic rings. The molecule has 0 aliphatic carbocycles. The molecule has 1 saturated heterocycles. The number of thiophene rings is 1. The largest absolute Gasteiger partial charge is 2.00 e. The van der Waals surface area contributed by atoms with Gasteiger partial charge < -0.3 is 20.1 Å². The Kier molecular flexibility index (Phi) is 8.62. The predicted molar refractivity (Wildman–Crippen MR) is 108 cm³/mol. The Morgan fingerprint density at radius 2 is 2.00 bits per heavy atom. The van der Waals surface area contributed by atoms with Crippen LogP contribution in [0, 0.1) is 0 Å². The minimum absolute atomic E-state index is 0. The predicted octanol–water partition coefficient (Wildman–Crippen LogP) is 1.32. The van der Waals surface area contributed by atoms with Gasteiger partial charge in [-0.2, -0.15) is 0 Å². The van der Waals surface area contributed by atoms with Crippen molar-refractivity contribution in [2.24, 2.45) is 4.99 Å². The second-order valence-corrected chi connectivity index (χ2v) is 7.95. The fourth-order valence-electron chi connectivity index (χ4n) is 3.50. The van der Waals surface area contributed by atoms with Gasteiger partial charge in [-0.05, 0) is 70.1 Å². The second-order valence-electron chi connectivity index (χ2n) is 7.06. The summed E-state index contributed by atoms with van der Waals surface area (Å²) in [6.45, 7) is 7.20. The summed E-state index contributed by atoms with van der Waals surface area (Å²) in [7, 11) is 0. The average molecular weight is 416 g/mol. The molecule has 0 bridgehead atoms. The molecule has 1 fully saturated rings. The van der Waals surface area contributed by atoms with Gasteiger partial charge in [0.25, 0.3) is 5.56 Å². The van der Waals surface area contributed by atoms with Crippen LogP contribution in [0.5, 0.6) is 5.75 Å². The maximum Gasteiger partial charge on any atom is 2.00 e. The molecule has 0 unspecified atom stereocenters. The van der Waals surface area contributed by atoms with E-state index in [4.69, 9.17) is 0 Å². The van der Waals surface area contributed by atoms with Crippen LogP contribution in [-0.2, 0) is 0 Å². The van der Waals surface area contributed by atoms with Gasteiger partial charge in [0.1, 0.15) is 4.83 Å². The van der Waals surface area contributed by atoms with Crippen LogP contribution in [0.2, 0.25) is 0 Å². The summed E-state index contributed by atoms with van der Waals surface area (Å²) in [4.78, 5) is 19.8. The Morgan fingerprint density at radius 1 is 1.30 bits per heavy atom. The first-order valence-corrected chi connectivity index (χ1v) is 10.2. The number of rotatable bonds is 6. The van der Waals surface area contributed by atoms with E-state index in [-0.39, 0.29) is 49.3 Å². The second kappa shape index (κ2) is 10.3. The molecule has 0 spiro atoms. The van der Waals surface area contributed by atoms with E-state index in [2.05, 4.69) is 9.89 Å². The molecule has 142 valence electrons. The van der Waals surface area contributed by atoms with Crippen LogP contribution < -0.4 is 15.8 Å². The van der Waals surface area contributed by atoms with Crippen molar-refractivity contribution in [1.29, 1.82) is 0 Å². The summed E-state index contributed by atoms with van der Waals surface area (Å²) in [5, 5.41) is 27.3. The van der Waals surface area contributed by atoms with Crippen molar-refractivity contribution in [2.45, 2.75) is 45.6 Å². The summed E-state index contributed by atoms with van der Waals surface area (Å²) >= 11 is 1.34. The third kappa shape index (κ3) is 5.07. The van der Waals surface area contributed by atoms with E-state index in [0.717, 1.165) is 26.1 Å². The summed E-state index contributed by atoms with van der Waals surface area (Å²) in [6.07, 6.45) is 4.51. The zero-order valence-electron chi connectivity index (χ0n) is 16.1. The Bertz CT molecular complexity index is 854. The van der Waals surface area contributed by atoms with Gasteiger partial charge in [-0.1, -0.05) is 12.2 Å². The fraction of sp³-hybridized carbons (Fsp3) is 0.579. The van der Waals surface area contributed by atoms with Crippen molar-refractivity contribution >= 4 is 65.2 Å². The number of hydrogen-bond acceptors (Lipinski definition) is 6. The normalized spacial score (nSPS) is 16.0. The molecule has 0 N–H and O–H groups in total. The molecule has 0 saturated carbocycles. The molecule has 6 nitrogen and oxygen atoms in total. The Balaban J connectivity index is 0.00000261. The summed E-state index contributed by atoms with van der Waals surface area (Å²) in [6, 6.07) is 1.54. The SMILES string of the molecule is CC(C)n1c(=O)c(C([O-])=NCCCN2CCCCC2)c([O-])c2ccsc21.[Ca+2]. The first-order chi connectivity index (χ1) is 12.5. The minimum atomic E-state index is -0.679. The molecule has 0 atom stereocenters. The van der Waals surface area contributed by atoms with E-state index in [9.17, 15) is 15.0 Å². The molecular formula is C19H25CaN3O3S. The summed E-state index contributed by atoms with van der Waals surface area (Å²) < 4.78 is 1.53. The van der Waals surface area contributed by atoms with Crippen molar-refractivity contribution in [1.82, 2.24) is 9.47 Å². The average Bonchev–Trinajstić information content (AvgIpc) is 3.09. The first kappa shape index (κ1) is 22.7. The van der Waals surface area contributed by atoms with Crippen LogP contribution in [0.1, 0.15) is 51.1 Å². The maximum absolute atomic E-state index is 12.7. The molecule has 0 radical (unpaired) electrons. The minimum Gasteiger partial charge on any atom is -0.871 e. The molecule has 3 rings (SSSR count). The number of fused-ring (bicyclic) bond motifs is 1. The van der Waals surface area contributed by atoms with Crippen molar-refractivity contribution < 1.29 is 10.2 Å². The molecule has 0 aromatic carbocycles. The zero-order valence-corrected chi connectivity index (χ0v) is 19.1. The monoisotopic (exact) mass is 415 g/mol. The Hall–Kier alpha value is -0.600. The maximum atomic E-state index is 12.7. The Morgan fingerprint density at radius 3 is 2.67 bits per heavy atom.